The molecule has 0 radical (unpaired) electrons. The molecule has 1 rings (SSSR count). The highest BCUT2D eigenvalue weighted by atomic mass is 16.4. The number of carbonyl (C=O) groups excluding carboxylic acids is 1. The van der Waals surface area contributed by atoms with Gasteiger partial charge in [0, 0.05) is 6.42 Å². The van der Waals surface area contributed by atoms with Gasteiger partial charge in [-0.1, -0.05) is 24.3 Å². The normalized spacial score (nSPS) is 11.7. The molecule has 0 saturated heterocycles. The lowest BCUT2D eigenvalue weighted by atomic mass is 10.0. The van der Waals surface area contributed by atoms with E-state index in [4.69, 9.17) is 10.2 Å². The van der Waals surface area contributed by atoms with Gasteiger partial charge in [-0.15, -0.1) is 0 Å². The molecule has 0 aromatic heterocycles. The molecular weight excluding hydrogens is 262 g/mol. The van der Waals surface area contributed by atoms with Crippen molar-refractivity contribution in [2.24, 2.45) is 0 Å². The van der Waals surface area contributed by atoms with Crippen LogP contribution in [0.25, 0.3) is 0 Å². The highest BCUT2D eigenvalue weighted by Crippen LogP contribution is 2.09. The van der Waals surface area contributed by atoms with Gasteiger partial charge < -0.3 is 15.5 Å². The van der Waals surface area contributed by atoms with Crippen molar-refractivity contribution in [2.45, 2.75) is 32.2 Å². The number of aliphatic carboxylic acids is 2. The largest absolute Gasteiger partial charge is 0.481 e. The van der Waals surface area contributed by atoms with Crippen molar-refractivity contribution in [3.63, 3.8) is 0 Å². The second-order valence-electron chi connectivity index (χ2n) is 4.48. The van der Waals surface area contributed by atoms with Gasteiger partial charge in [0.1, 0.15) is 6.04 Å². The monoisotopic (exact) mass is 279 g/mol. The number of carboxylic acids is 2. The summed E-state index contributed by atoms with van der Waals surface area (Å²) in [5.41, 5.74) is 2.06. The van der Waals surface area contributed by atoms with Crippen LogP contribution in [0.1, 0.15) is 24.0 Å². The van der Waals surface area contributed by atoms with Gasteiger partial charge in [-0.25, -0.2) is 4.79 Å². The van der Waals surface area contributed by atoms with Gasteiger partial charge in [0.25, 0.3) is 0 Å². The zero-order valence-corrected chi connectivity index (χ0v) is 11.1. The summed E-state index contributed by atoms with van der Waals surface area (Å²) < 4.78 is 0. The average molecular weight is 279 g/mol. The SMILES string of the molecule is Cc1ccccc1CCC(=O)N[C@H](CC(=O)O)C(=O)O. The number of carboxylic acid groups (broad SMARTS) is 2. The lowest BCUT2D eigenvalue weighted by Gasteiger charge is -2.12. The minimum Gasteiger partial charge on any atom is -0.481 e. The average Bonchev–Trinajstić information content (AvgIpc) is 2.36. The van der Waals surface area contributed by atoms with Crippen molar-refractivity contribution >= 4 is 17.8 Å². The topological polar surface area (TPSA) is 104 Å². The second-order valence-corrected chi connectivity index (χ2v) is 4.48. The van der Waals surface area contributed by atoms with Crippen molar-refractivity contribution in [1.82, 2.24) is 5.32 Å². The Morgan fingerprint density at radius 2 is 1.85 bits per heavy atom. The van der Waals surface area contributed by atoms with E-state index in [1.165, 1.54) is 0 Å². The van der Waals surface area contributed by atoms with Crippen LogP contribution in [0.3, 0.4) is 0 Å². The lowest BCUT2D eigenvalue weighted by Crippen LogP contribution is -2.42. The molecule has 0 unspecified atom stereocenters. The highest BCUT2D eigenvalue weighted by molar-refractivity contribution is 5.86. The summed E-state index contributed by atoms with van der Waals surface area (Å²) in [6.45, 7) is 1.93. The third kappa shape index (κ3) is 5.09. The van der Waals surface area contributed by atoms with Crippen LogP contribution in [-0.4, -0.2) is 34.1 Å². The van der Waals surface area contributed by atoms with Crippen molar-refractivity contribution < 1.29 is 24.6 Å². The summed E-state index contributed by atoms with van der Waals surface area (Å²) in [7, 11) is 0. The standard InChI is InChI=1S/C14H17NO5/c1-9-4-2-3-5-10(9)6-7-12(16)15-11(14(19)20)8-13(17)18/h2-5,11H,6-8H2,1H3,(H,15,16)(H,17,18)(H,19,20)/t11-/m1/s1. The number of nitrogens with one attached hydrogen (secondary N) is 1. The maximum atomic E-state index is 11.7. The van der Waals surface area contributed by atoms with E-state index in [2.05, 4.69) is 5.32 Å². The van der Waals surface area contributed by atoms with Gasteiger partial charge >= 0.3 is 11.9 Å². The Balaban J connectivity index is 2.52. The zero-order valence-electron chi connectivity index (χ0n) is 11.1. The Hall–Kier alpha value is -2.37. The highest BCUT2D eigenvalue weighted by Gasteiger charge is 2.22. The maximum Gasteiger partial charge on any atom is 0.326 e. The molecule has 0 fully saturated rings. The van der Waals surface area contributed by atoms with Gasteiger partial charge in [-0.3, -0.25) is 9.59 Å². The van der Waals surface area contributed by atoms with Crippen LogP contribution in [0.4, 0.5) is 0 Å². The molecule has 3 N–H and O–H groups in total. The number of amides is 1. The summed E-state index contributed by atoms with van der Waals surface area (Å²) in [6.07, 6.45) is -0.0302. The predicted molar refractivity (Wildman–Crippen MR) is 71.3 cm³/mol. The third-order valence-corrected chi connectivity index (χ3v) is 2.89. The lowest BCUT2D eigenvalue weighted by molar-refractivity contribution is -0.147. The summed E-state index contributed by atoms with van der Waals surface area (Å²) in [6, 6.07) is 6.19. The van der Waals surface area contributed by atoms with Crippen molar-refractivity contribution in [1.29, 1.82) is 0 Å². The van der Waals surface area contributed by atoms with Crippen molar-refractivity contribution in [3.05, 3.63) is 35.4 Å². The smallest absolute Gasteiger partial charge is 0.326 e. The molecule has 0 aliphatic carbocycles. The molecule has 0 bridgehead atoms. The van der Waals surface area contributed by atoms with Gasteiger partial charge in [0.15, 0.2) is 0 Å². The fraction of sp³-hybridized carbons (Fsp3) is 0.357. The minimum absolute atomic E-state index is 0.119. The molecule has 1 atom stereocenters. The summed E-state index contributed by atoms with van der Waals surface area (Å²) in [4.78, 5) is 33.0. The third-order valence-electron chi connectivity index (χ3n) is 2.89. The Kier molecular flexibility index (Phi) is 5.71. The van der Waals surface area contributed by atoms with Gasteiger partial charge in [-0.2, -0.15) is 0 Å². The first-order valence-electron chi connectivity index (χ1n) is 6.18. The fourth-order valence-electron chi connectivity index (χ4n) is 1.78. The van der Waals surface area contributed by atoms with E-state index in [1.807, 2.05) is 31.2 Å². The van der Waals surface area contributed by atoms with Crippen LogP contribution >= 0.6 is 0 Å². The zero-order chi connectivity index (χ0) is 15.1. The maximum absolute atomic E-state index is 11.7. The summed E-state index contributed by atoms with van der Waals surface area (Å²) >= 11 is 0. The predicted octanol–water partition coefficient (Wildman–Crippen LogP) is 0.972. The van der Waals surface area contributed by atoms with E-state index >= 15 is 0 Å². The van der Waals surface area contributed by atoms with E-state index in [-0.39, 0.29) is 6.42 Å². The van der Waals surface area contributed by atoms with Crippen LogP contribution in [0.5, 0.6) is 0 Å². The number of hydrogen-bond donors (Lipinski definition) is 3. The van der Waals surface area contributed by atoms with Gasteiger partial charge in [-0.05, 0) is 24.5 Å². The molecule has 0 saturated carbocycles. The molecule has 1 amide bonds. The van der Waals surface area contributed by atoms with E-state index in [9.17, 15) is 14.4 Å². The molecule has 0 aliphatic heterocycles. The second kappa shape index (κ2) is 7.28. The Morgan fingerprint density at radius 3 is 2.40 bits per heavy atom. The van der Waals surface area contributed by atoms with Gasteiger partial charge in [0.2, 0.25) is 5.91 Å². The first kappa shape index (κ1) is 15.7. The quantitative estimate of drug-likeness (QED) is 0.690. The molecule has 0 spiro atoms. The number of aryl methyl sites for hydroxylation is 2. The van der Waals surface area contributed by atoms with Crippen molar-refractivity contribution in [2.75, 3.05) is 0 Å². The summed E-state index contributed by atoms with van der Waals surface area (Å²) in [5, 5.41) is 19.6. The van der Waals surface area contributed by atoms with E-state index in [1.54, 1.807) is 0 Å². The van der Waals surface area contributed by atoms with Crippen LogP contribution in [-0.2, 0) is 20.8 Å². The van der Waals surface area contributed by atoms with E-state index < -0.39 is 30.3 Å². The number of hydrogen-bond acceptors (Lipinski definition) is 3. The number of rotatable bonds is 7. The molecule has 0 heterocycles. The number of carbonyl (C=O) groups is 3. The molecular formula is C14H17NO5. The molecule has 20 heavy (non-hydrogen) atoms. The molecule has 108 valence electrons. The molecule has 6 heteroatoms. The van der Waals surface area contributed by atoms with Crippen LogP contribution < -0.4 is 5.32 Å². The Morgan fingerprint density at radius 1 is 1.20 bits per heavy atom. The van der Waals surface area contributed by atoms with E-state index in [0.717, 1.165) is 11.1 Å². The van der Waals surface area contributed by atoms with Crippen LogP contribution in [0.2, 0.25) is 0 Å². The van der Waals surface area contributed by atoms with Crippen LogP contribution in [0, 0.1) is 6.92 Å². The summed E-state index contributed by atoms with van der Waals surface area (Å²) in [5.74, 6) is -3.09. The Labute approximate surface area is 116 Å². The minimum atomic E-state index is -1.39. The molecule has 0 aliphatic rings. The fourth-order valence-corrected chi connectivity index (χ4v) is 1.78. The van der Waals surface area contributed by atoms with Crippen molar-refractivity contribution in [3.8, 4) is 0 Å². The molecule has 1 aromatic rings. The van der Waals surface area contributed by atoms with Crippen LogP contribution in [0.15, 0.2) is 24.3 Å². The first-order valence-corrected chi connectivity index (χ1v) is 6.18. The van der Waals surface area contributed by atoms with Gasteiger partial charge in [0.05, 0.1) is 6.42 Å². The first-order chi connectivity index (χ1) is 9.40. The Bertz CT molecular complexity index is 512. The molecule has 1 aromatic carbocycles. The molecule has 6 nitrogen and oxygen atoms in total. The number of benzene rings is 1. The van der Waals surface area contributed by atoms with E-state index in [0.29, 0.717) is 6.42 Å².